The van der Waals surface area contributed by atoms with Crippen molar-refractivity contribution in [2.24, 2.45) is 7.05 Å². The number of nitro benzene ring substituents is 1. The zero-order valence-corrected chi connectivity index (χ0v) is 12.6. The first-order chi connectivity index (χ1) is 9.93. The number of nitro groups is 1. The normalized spacial score (nSPS) is 10.7. The maximum Gasteiger partial charge on any atom is 0.292 e. The summed E-state index contributed by atoms with van der Waals surface area (Å²) < 4.78 is 1.69. The van der Waals surface area contributed by atoms with Crippen molar-refractivity contribution in [1.82, 2.24) is 4.57 Å². The van der Waals surface area contributed by atoms with Crippen molar-refractivity contribution >= 4 is 34.6 Å². The van der Waals surface area contributed by atoms with Crippen molar-refractivity contribution in [2.75, 3.05) is 5.32 Å². The van der Waals surface area contributed by atoms with E-state index < -0.39 is 4.92 Å². The third-order valence-corrected chi connectivity index (χ3v) is 3.96. The minimum atomic E-state index is -0.478. The molecule has 2 rings (SSSR count). The second-order valence-corrected chi connectivity index (χ2v) is 5.22. The molecule has 8 heteroatoms. The van der Waals surface area contributed by atoms with Crippen LogP contribution in [-0.2, 0) is 20.2 Å². The highest BCUT2D eigenvalue weighted by atomic mass is 35.5. The van der Waals surface area contributed by atoms with E-state index in [-0.39, 0.29) is 12.3 Å². The number of hydrogen-bond donors (Lipinski definition) is 2. The molecule has 0 aliphatic heterocycles. The molecule has 6 nitrogen and oxygen atoms in total. The smallest absolute Gasteiger partial charge is 0.292 e. The molecular formula is C13H13Cl2N3O3. The van der Waals surface area contributed by atoms with E-state index in [1.165, 1.54) is 12.1 Å². The minimum Gasteiger partial charge on any atom is -0.392 e. The Bertz CT molecular complexity index is 686. The van der Waals surface area contributed by atoms with Gasteiger partial charge in [-0.3, -0.25) is 10.1 Å². The van der Waals surface area contributed by atoms with E-state index in [9.17, 15) is 10.1 Å². The van der Waals surface area contributed by atoms with Gasteiger partial charge < -0.3 is 15.0 Å². The van der Waals surface area contributed by atoms with Crippen molar-refractivity contribution in [3.05, 3.63) is 55.8 Å². The third kappa shape index (κ3) is 3.29. The number of anilines is 1. The molecule has 0 aliphatic rings. The number of rotatable bonds is 5. The molecule has 0 atom stereocenters. The third-order valence-electron chi connectivity index (χ3n) is 3.12. The van der Waals surface area contributed by atoms with Gasteiger partial charge in [0.05, 0.1) is 23.1 Å². The first kappa shape index (κ1) is 15.6. The molecule has 1 heterocycles. The van der Waals surface area contributed by atoms with Crippen LogP contribution in [0.1, 0.15) is 11.3 Å². The van der Waals surface area contributed by atoms with Crippen LogP contribution in [0.4, 0.5) is 11.4 Å². The molecule has 0 bridgehead atoms. The van der Waals surface area contributed by atoms with Crippen LogP contribution in [0.5, 0.6) is 0 Å². The molecule has 0 radical (unpaired) electrons. The lowest BCUT2D eigenvalue weighted by Crippen LogP contribution is -2.06. The predicted octanol–water partition coefficient (Wildman–Crippen LogP) is 3.34. The first-order valence-electron chi connectivity index (χ1n) is 6.05. The molecule has 0 saturated heterocycles. The topological polar surface area (TPSA) is 80.3 Å². The highest BCUT2D eigenvalue weighted by Crippen LogP contribution is 2.28. The van der Waals surface area contributed by atoms with Gasteiger partial charge in [0.2, 0.25) is 0 Å². The van der Waals surface area contributed by atoms with E-state index in [1.54, 1.807) is 23.7 Å². The van der Waals surface area contributed by atoms with Crippen LogP contribution in [0.3, 0.4) is 0 Å². The lowest BCUT2D eigenvalue weighted by atomic mass is 10.2. The van der Waals surface area contributed by atoms with Gasteiger partial charge in [0.1, 0.15) is 10.8 Å². The van der Waals surface area contributed by atoms with Gasteiger partial charge in [-0.2, -0.15) is 0 Å². The summed E-state index contributed by atoms with van der Waals surface area (Å²) >= 11 is 11.9. The van der Waals surface area contributed by atoms with Crippen LogP contribution in [0.25, 0.3) is 0 Å². The van der Waals surface area contributed by atoms with Crippen molar-refractivity contribution in [1.29, 1.82) is 0 Å². The summed E-state index contributed by atoms with van der Waals surface area (Å²) in [5, 5.41) is 23.9. The summed E-state index contributed by atoms with van der Waals surface area (Å²) in [6.45, 7) is 0.132. The number of aromatic nitrogens is 1. The Morgan fingerprint density at radius 1 is 1.38 bits per heavy atom. The quantitative estimate of drug-likeness (QED) is 0.651. The number of nitrogens with zero attached hydrogens (tertiary/aromatic N) is 2. The Balaban J connectivity index is 2.26. The summed E-state index contributed by atoms with van der Waals surface area (Å²) in [7, 11) is 1.75. The Kier molecular flexibility index (Phi) is 4.72. The van der Waals surface area contributed by atoms with E-state index in [2.05, 4.69) is 5.32 Å². The molecule has 0 fully saturated rings. The monoisotopic (exact) mass is 329 g/mol. The number of nitrogens with one attached hydrogen (secondary N) is 1. The number of hydrogen-bond acceptors (Lipinski definition) is 4. The predicted molar refractivity (Wildman–Crippen MR) is 81.8 cm³/mol. The maximum absolute atomic E-state index is 11.0. The number of aliphatic hydroxyl groups excluding tert-OH is 1. The van der Waals surface area contributed by atoms with Crippen LogP contribution in [-0.4, -0.2) is 14.6 Å². The lowest BCUT2D eigenvalue weighted by Gasteiger charge is -2.09. The summed E-state index contributed by atoms with van der Waals surface area (Å²) in [6, 6.07) is 6.11. The van der Waals surface area contributed by atoms with Crippen molar-refractivity contribution < 1.29 is 10.0 Å². The zero-order chi connectivity index (χ0) is 15.6. The Hall–Kier alpha value is -1.76. The van der Waals surface area contributed by atoms with Gasteiger partial charge in [-0.05, 0) is 23.8 Å². The molecule has 2 aromatic rings. The van der Waals surface area contributed by atoms with Crippen LogP contribution in [0.15, 0.2) is 24.3 Å². The van der Waals surface area contributed by atoms with Gasteiger partial charge in [0, 0.05) is 18.8 Å². The van der Waals surface area contributed by atoms with Crippen LogP contribution in [0.2, 0.25) is 10.2 Å². The second kappa shape index (κ2) is 6.34. The van der Waals surface area contributed by atoms with Crippen LogP contribution < -0.4 is 5.32 Å². The average Bonchev–Trinajstić information content (AvgIpc) is 2.71. The van der Waals surface area contributed by atoms with E-state index in [0.29, 0.717) is 28.0 Å². The molecule has 0 unspecified atom stereocenters. The highest BCUT2D eigenvalue weighted by Gasteiger charge is 2.15. The van der Waals surface area contributed by atoms with Crippen molar-refractivity contribution in [2.45, 2.75) is 13.2 Å². The Morgan fingerprint density at radius 2 is 2.10 bits per heavy atom. The van der Waals surface area contributed by atoms with Crippen LogP contribution in [0, 0.1) is 10.1 Å². The second-order valence-electron chi connectivity index (χ2n) is 4.45. The fourth-order valence-electron chi connectivity index (χ4n) is 1.93. The summed E-state index contributed by atoms with van der Waals surface area (Å²) in [5.74, 6) is 0. The number of halogens is 2. The molecule has 0 saturated carbocycles. The number of benzene rings is 1. The average molecular weight is 330 g/mol. The van der Waals surface area contributed by atoms with Gasteiger partial charge in [0.25, 0.3) is 5.69 Å². The van der Waals surface area contributed by atoms with Crippen LogP contribution >= 0.6 is 23.2 Å². The Labute approximate surface area is 131 Å². The molecule has 2 N–H and O–H groups in total. The SMILES string of the molecule is Cn1c(CNc2cc(CO)ccc2[N+](=O)[O-])cc(Cl)c1Cl. The minimum absolute atomic E-state index is 0.0568. The van der Waals surface area contributed by atoms with Gasteiger partial charge >= 0.3 is 0 Å². The zero-order valence-electron chi connectivity index (χ0n) is 11.1. The highest BCUT2D eigenvalue weighted by molar-refractivity contribution is 6.41. The molecule has 0 amide bonds. The molecule has 21 heavy (non-hydrogen) atoms. The molecule has 1 aromatic heterocycles. The largest absolute Gasteiger partial charge is 0.392 e. The summed E-state index contributed by atoms with van der Waals surface area (Å²) in [6.07, 6.45) is 0. The standard InChI is InChI=1S/C13H13Cl2N3O3/c1-17-9(5-10(14)13(17)15)6-16-11-4-8(7-19)2-3-12(11)18(20)21/h2-5,16,19H,6-7H2,1H3. The van der Waals surface area contributed by atoms with E-state index in [1.807, 2.05) is 0 Å². The molecule has 112 valence electrons. The van der Waals surface area contributed by atoms with Gasteiger partial charge in [-0.15, -0.1) is 0 Å². The lowest BCUT2D eigenvalue weighted by molar-refractivity contribution is -0.384. The first-order valence-corrected chi connectivity index (χ1v) is 6.81. The Morgan fingerprint density at radius 3 is 2.62 bits per heavy atom. The number of aliphatic hydroxyl groups is 1. The fourth-order valence-corrected chi connectivity index (χ4v) is 2.34. The van der Waals surface area contributed by atoms with E-state index in [0.717, 1.165) is 5.69 Å². The molecule has 0 aliphatic carbocycles. The van der Waals surface area contributed by atoms with E-state index >= 15 is 0 Å². The maximum atomic E-state index is 11.0. The van der Waals surface area contributed by atoms with Crippen molar-refractivity contribution in [3.63, 3.8) is 0 Å². The van der Waals surface area contributed by atoms with E-state index in [4.69, 9.17) is 28.3 Å². The summed E-state index contributed by atoms with van der Waals surface area (Å²) in [4.78, 5) is 10.5. The molecular weight excluding hydrogens is 317 g/mol. The van der Waals surface area contributed by atoms with Crippen molar-refractivity contribution in [3.8, 4) is 0 Å². The molecule has 0 spiro atoms. The summed E-state index contributed by atoms with van der Waals surface area (Å²) in [5.41, 5.74) is 1.65. The van der Waals surface area contributed by atoms with Gasteiger partial charge in [-0.1, -0.05) is 23.2 Å². The van der Waals surface area contributed by atoms with Gasteiger partial charge in [-0.25, -0.2) is 0 Å². The molecule has 1 aromatic carbocycles. The fraction of sp³-hybridized carbons (Fsp3) is 0.231. The van der Waals surface area contributed by atoms with Gasteiger partial charge in [0.15, 0.2) is 0 Å².